The largest absolute Gasteiger partial charge is 0.481 e. The summed E-state index contributed by atoms with van der Waals surface area (Å²) in [6.07, 6.45) is 3.12. The van der Waals surface area contributed by atoms with E-state index in [1.165, 1.54) is 0 Å². The van der Waals surface area contributed by atoms with Gasteiger partial charge in [0.1, 0.15) is 0 Å². The van der Waals surface area contributed by atoms with Gasteiger partial charge in [0.15, 0.2) is 0 Å². The molecule has 0 aliphatic rings. The summed E-state index contributed by atoms with van der Waals surface area (Å²) in [5.41, 5.74) is 0. The predicted molar refractivity (Wildman–Crippen MR) is 112 cm³/mol. The maximum atomic E-state index is 9.00. The molecule has 0 amide bonds. The Balaban J connectivity index is -0.0000000367. The average molecular weight is 416 g/mol. The number of carboxylic acids is 2. The van der Waals surface area contributed by atoms with Gasteiger partial charge in [-0.05, 0) is 32.1 Å². The van der Waals surface area contributed by atoms with E-state index in [1.807, 2.05) is 0 Å². The van der Waals surface area contributed by atoms with Gasteiger partial charge in [0, 0.05) is 46.9 Å². The summed E-state index contributed by atoms with van der Waals surface area (Å²) in [7, 11) is 0. The van der Waals surface area contributed by atoms with Crippen molar-refractivity contribution in [1.29, 1.82) is 0 Å². The van der Waals surface area contributed by atoms with E-state index < -0.39 is 11.9 Å². The quantitative estimate of drug-likeness (QED) is 0.348. The second-order valence-corrected chi connectivity index (χ2v) is 3.92. The van der Waals surface area contributed by atoms with Crippen LogP contribution in [0.2, 0.25) is 0 Å². The van der Waals surface area contributed by atoms with Gasteiger partial charge in [-0.25, -0.2) is 0 Å². The molecular weight excluding hydrogens is 372 g/mol. The smallest absolute Gasteiger partial charge is 0.300 e. The van der Waals surface area contributed by atoms with Crippen molar-refractivity contribution in [2.45, 2.75) is 46.0 Å². The molecule has 0 fully saturated rings. The van der Waals surface area contributed by atoms with Gasteiger partial charge >= 0.3 is 0 Å². The molecule has 0 aromatic heterocycles. The molecular formula is C19H43O9. The number of hydrogen-bond donors (Lipinski definition) is 7. The van der Waals surface area contributed by atoms with Gasteiger partial charge in [0.2, 0.25) is 0 Å². The van der Waals surface area contributed by atoms with Gasteiger partial charge in [-0.1, -0.05) is 34.6 Å². The van der Waals surface area contributed by atoms with E-state index in [9.17, 15) is 0 Å². The molecule has 0 aliphatic heterocycles. The lowest BCUT2D eigenvalue weighted by atomic mass is 10.5. The molecule has 9 nitrogen and oxygen atoms in total. The summed E-state index contributed by atoms with van der Waals surface area (Å²) in [5, 5.41) is 53.9. The Kier molecular flexibility index (Phi) is 118. The number of hydrogen-bond acceptors (Lipinski definition) is 7. The highest BCUT2D eigenvalue weighted by molar-refractivity contribution is 5.63. The van der Waals surface area contributed by atoms with Crippen LogP contribution < -0.4 is 0 Å². The van der Waals surface area contributed by atoms with Gasteiger partial charge in [0.05, 0.1) is 0 Å². The van der Waals surface area contributed by atoms with Crippen LogP contribution in [-0.2, 0) is 9.59 Å². The fourth-order valence-corrected chi connectivity index (χ4v) is 0. The van der Waals surface area contributed by atoms with Crippen molar-refractivity contribution in [3.8, 4) is 0 Å². The third kappa shape index (κ3) is 997. The topological polar surface area (TPSA) is 176 Å². The zero-order chi connectivity index (χ0) is 24.2. The van der Waals surface area contributed by atoms with E-state index in [-0.39, 0.29) is 33.0 Å². The first kappa shape index (κ1) is 45.5. The highest BCUT2D eigenvalue weighted by atomic mass is 16.4. The molecule has 0 rings (SSSR count). The summed E-state index contributed by atoms with van der Waals surface area (Å²) >= 11 is 0. The van der Waals surface area contributed by atoms with E-state index >= 15 is 0 Å². The minimum absolute atomic E-state index is 0.208. The maximum absolute atomic E-state index is 9.00. The van der Waals surface area contributed by atoms with Crippen molar-refractivity contribution < 1.29 is 45.3 Å². The second kappa shape index (κ2) is 72.5. The second-order valence-electron chi connectivity index (χ2n) is 3.92. The molecule has 0 aromatic rings. The molecule has 0 bridgehead atoms. The third-order valence-corrected chi connectivity index (χ3v) is 0.791. The minimum atomic E-state index is -0.833. The van der Waals surface area contributed by atoms with E-state index in [2.05, 4.69) is 34.6 Å². The first-order valence-electron chi connectivity index (χ1n) is 8.44. The van der Waals surface area contributed by atoms with Crippen molar-refractivity contribution in [2.24, 2.45) is 0 Å². The Bertz CT molecular complexity index is 160. The fourth-order valence-electron chi connectivity index (χ4n) is 0. The molecule has 0 heterocycles. The van der Waals surface area contributed by atoms with Crippen LogP contribution in [0.1, 0.15) is 46.0 Å². The Morgan fingerprint density at radius 2 is 0.536 bits per heavy atom. The van der Waals surface area contributed by atoms with E-state index in [0.717, 1.165) is 13.8 Å². The van der Waals surface area contributed by atoms with E-state index in [4.69, 9.17) is 45.3 Å². The number of carbonyl (C=O) groups is 2. The number of aliphatic hydroxyl groups excluding tert-OH is 5. The summed E-state index contributed by atoms with van der Waals surface area (Å²) in [6.45, 7) is 20.0. The molecule has 173 valence electrons. The zero-order valence-corrected chi connectivity index (χ0v) is 17.6. The summed E-state index contributed by atoms with van der Waals surface area (Å²) < 4.78 is 0. The van der Waals surface area contributed by atoms with Gasteiger partial charge in [-0.3, -0.25) is 9.59 Å². The molecule has 0 unspecified atom stereocenters. The SMILES string of the molecule is CC(=O)O.CC(=O)O.[CH2]CCO.[CH2]CCO.[CH2]CCO.[CH2]CCO.[CH2]CCO. The molecule has 7 N–H and O–H groups in total. The molecule has 28 heavy (non-hydrogen) atoms. The summed E-state index contributed by atoms with van der Waals surface area (Å²) in [6, 6.07) is 0. The van der Waals surface area contributed by atoms with Gasteiger partial charge in [-0.2, -0.15) is 0 Å². The number of aliphatic hydroxyl groups is 5. The van der Waals surface area contributed by atoms with Crippen LogP contribution in [0.25, 0.3) is 0 Å². The van der Waals surface area contributed by atoms with Crippen LogP contribution in [-0.4, -0.2) is 80.7 Å². The summed E-state index contributed by atoms with van der Waals surface area (Å²) in [5.74, 6) is -1.67. The Labute approximate surface area is 171 Å². The highest BCUT2D eigenvalue weighted by Crippen LogP contribution is 1.61. The zero-order valence-electron chi connectivity index (χ0n) is 17.6. The van der Waals surface area contributed by atoms with E-state index in [1.54, 1.807) is 0 Å². The normalized spacial score (nSPS) is 7.14. The Morgan fingerprint density at radius 3 is 0.536 bits per heavy atom. The molecule has 0 aliphatic carbocycles. The molecule has 0 saturated heterocycles. The van der Waals surface area contributed by atoms with Crippen LogP contribution in [0, 0.1) is 34.6 Å². The van der Waals surface area contributed by atoms with Crippen molar-refractivity contribution in [3.05, 3.63) is 34.6 Å². The lowest BCUT2D eigenvalue weighted by Crippen LogP contribution is -1.78. The minimum Gasteiger partial charge on any atom is -0.481 e. The number of carboxylic acid groups (broad SMARTS) is 2. The first-order chi connectivity index (χ1) is 13.0. The van der Waals surface area contributed by atoms with Crippen LogP contribution in [0.3, 0.4) is 0 Å². The van der Waals surface area contributed by atoms with Crippen molar-refractivity contribution in [3.63, 3.8) is 0 Å². The van der Waals surface area contributed by atoms with Crippen LogP contribution in [0.5, 0.6) is 0 Å². The number of rotatable bonds is 5. The monoisotopic (exact) mass is 415 g/mol. The predicted octanol–water partition coefficient (Wildman–Crippen LogP) is 1.20. The maximum Gasteiger partial charge on any atom is 0.300 e. The third-order valence-electron chi connectivity index (χ3n) is 0.791. The van der Waals surface area contributed by atoms with Gasteiger partial charge < -0.3 is 35.7 Å². The molecule has 0 atom stereocenters. The van der Waals surface area contributed by atoms with Crippen molar-refractivity contribution in [1.82, 2.24) is 0 Å². The lowest BCUT2D eigenvalue weighted by Gasteiger charge is -1.69. The summed E-state index contributed by atoms with van der Waals surface area (Å²) in [4.78, 5) is 18.0. The van der Waals surface area contributed by atoms with Crippen molar-refractivity contribution >= 4 is 11.9 Å². The standard InChI is InChI=1S/5C3H7O.2C2H4O2/c5*1-2-3-4;2*1-2(3)4/h5*4H,1-3H2;2*1H3,(H,3,4). The fraction of sp³-hybridized carbons (Fsp3) is 0.632. The van der Waals surface area contributed by atoms with E-state index in [0.29, 0.717) is 32.1 Å². The molecule has 5 radical (unpaired) electrons. The van der Waals surface area contributed by atoms with Gasteiger partial charge in [-0.15, -0.1) is 0 Å². The lowest BCUT2D eigenvalue weighted by molar-refractivity contribution is -0.135. The first-order valence-corrected chi connectivity index (χ1v) is 8.44. The molecule has 0 spiro atoms. The average Bonchev–Trinajstić information content (AvgIpc) is 2.67. The van der Waals surface area contributed by atoms with Crippen LogP contribution >= 0.6 is 0 Å². The van der Waals surface area contributed by atoms with Crippen LogP contribution in [0.4, 0.5) is 0 Å². The Morgan fingerprint density at radius 1 is 0.500 bits per heavy atom. The highest BCUT2D eigenvalue weighted by Gasteiger charge is 1.66. The van der Waals surface area contributed by atoms with Crippen LogP contribution in [0.15, 0.2) is 0 Å². The van der Waals surface area contributed by atoms with Gasteiger partial charge in [0.25, 0.3) is 11.9 Å². The molecule has 0 saturated carbocycles. The molecule has 9 heteroatoms. The number of aliphatic carboxylic acids is 2. The Hall–Kier alpha value is -1.26. The van der Waals surface area contributed by atoms with Crippen molar-refractivity contribution in [2.75, 3.05) is 33.0 Å². The molecule has 0 aromatic carbocycles.